The highest BCUT2D eigenvalue weighted by atomic mass is 16.5. The molecule has 0 atom stereocenters. The molecule has 0 aliphatic heterocycles. The summed E-state index contributed by atoms with van der Waals surface area (Å²) in [6.45, 7) is 5.39. The molecule has 3 aromatic rings. The van der Waals surface area contributed by atoms with Crippen molar-refractivity contribution in [3.8, 4) is 5.75 Å². The molecule has 1 amide bonds. The second-order valence-corrected chi connectivity index (χ2v) is 7.71. The SMILES string of the molecule is COc1cnc2[nH]cc(Cc3ccc(NC(=O)CC(=O)C(C)(C)C)nc3)c2c1. The summed E-state index contributed by atoms with van der Waals surface area (Å²) in [5.41, 5.74) is 2.34. The molecule has 0 saturated carbocycles. The van der Waals surface area contributed by atoms with E-state index in [9.17, 15) is 9.59 Å². The quantitative estimate of drug-likeness (QED) is 0.638. The van der Waals surface area contributed by atoms with Gasteiger partial charge >= 0.3 is 0 Å². The molecule has 7 nitrogen and oxygen atoms in total. The van der Waals surface area contributed by atoms with E-state index in [0.717, 1.165) is 22.2 Å². The molecule has 0 saturated heterocycles. The lowest BCUT2D eigenvalue weighted by atomic mass is 9.89. The van der Waals surface area contributed by atoms with Gasteiger partial charge in [0.05, 0.1) is 19.7 Å². The molecule has 0 unspecified atom stereocenters. The van der Waals surface area contributed by atoms with Crippen LogP contribution in [0, 0.1) is 5.41 Å². The Morgan fingerprint density at radius 2 is 1.96 bits per heavy atom. The van der Waals surface area contributed by atoms with E-state index in [0.29, 0.717) is 18.0 Å². The third-order valence-corrected chi connectivity index (χ3v) is 4.47. The van der Waals surface area contributed by atoms with Crippen molar-refractivity contribution in [2.45, 2.75) is 33.6 Å². The number of rotatable bonds is 6. The predicted octanol–water partition coefficient (Wildman–Crippen LogP) is 3.50. The number of methoxy groups -OCH3 is 1. The lowest BCUT2D eigenvalue weighted by Gasteiger charge is -2.15. The maximum atomic E-state index is 12.0. The van der Waals surface area contributed by atoms with Crippen LogP contribution < -0.4 is 10.1 Å². The lowest BCUT2D eigenvalue weighted by Crippen LogP contribution is -2.26. The maximum absolute atomic E-state index is 12.0. The number of ether oxygens (including phenoxy) is 1. The first-order valence-corrected chi connectivity index (χ1v) is 9.04. The third-order valence-electron chi connectivity index (χ3n) is 4.47. The molecule has 7 heteroatoms. The number of nitrogens with one attached hydrogen (secondary N) is 2. The van der Waals surface area contributed by atoms with Gasteiger partial charge in [-0.3, -0.25) is 9.59 Å². The number of hydrogen-bond donors (Lipinski definition) is 2. The minimum Gasteiger partial charge on any atom is -0.495 e. The second kappa shape index (κ2) is 7.80. The van der Waals surface area contributed by atoms with Crippen molar-refractivity contribution in [3.05, 3.63) is 47.9 Å². The number of H-pyrrole nitrogens is 1. The topological polar surface area (TPSA) is 97.0 Å². The highest BCUT2D eigenvalue weighted by Gasteiger charge is 2.23. The number of amides is 1. The van der Waals surface area contributed by atoms with Crippen molar-refractivity contribution < 1.29 is 14.3 Å². The minimum atomic E-state index is -0.536. The Kier molecular flexibility index (Phi) is 5.44. The zero-order chi connectivity index (χ0) is 20.3. The minimum absolute atomic E-state index is 0.106. The zero-order valence-corrected chi connectivity index (χ0v) is 16.5. The van der Waals surface area contributed by atoms with E-state index in [4.69, 9.17) is 4.74 Å². The molecular weight excluding hydrogens is 356 g/mol. The Morgan fingerprint density at radius 1 is 1.18 bits per heavy atom. The van der Waals surface area contributed by atoms with E-state index < -0.39 is 5.41 Å². The summed E-state index contributed by atoms with van der Waals surface area (Å²) in [4.78, 5) is 35.7. The standard InChI is InChI=1S/C21H24N4O3/c1-21(2,3)17(26)9-19(27)25-18-6-5-13(10-22-18)7-14-11-23-20-16(14)8-15(28-4)12-24-20/h5-6,8,10-12H,7,9H2,1-4H3,(H,23,24)(H,22,25,27). The predicted molar refractivity (Wildman–Crippen MR) is 107 cm³/mol. The van der Waals surface area contributed by atoms with Gasteiger partial charge in [-0.05, 0) is 23.3 Å². The van der Waals surface area contributed by atoms with Crippen LogP contribution in [0.5, 0.6) is 5.75 Å². The van der Waals surface area contributed by atoms with Gasteiger partial charge in [-0.2, -0.15) is 0 Å². The van der Waals surface area contributed by atoms with Crippen LogP contribution in [0.15, 0.2) is 36.8 Å². The first kappa shape index (κ1) is 19.5. The first-order valence-electron chi connectivity index (χ1n) is 9.04. The normalized spacial score (nSPS) is 11.4. The Bertz CT molecular complexity index is 1000. The first-order chi connectivity index (χ1) is 13.3. The average molecular weight is 380 g/mol. The molecule has 28 heavy (non-hydrogen) atoms. The molecule has 146 valence electrons. The van der Waals surface area contributed by atoms with E-state index >= 15 is 0 Å². The lowest BCUT2D eigenvalue weighted by molar-refractivity contribution is -0.130. The summed E-state index contributed by atoms with van der Waals surface area (Å²) >= 11 is 0. The van der Waals surface area contributed by atoms with Crippen LogP contribution in [-0.4, -0.2) is 33.8 Å². The van der Waals surface area contributed by atoms with Gasteiger partial charge in [0.2, 0.25) is 5.91 Å². The van der Waals surface area contributed by atoms with Crippen LogP contribution in [0.2, 0.25) is 0 Å². The smallest absolute Gasteiger partial charge is 0.232 e. The number of hydrogen-bond acceptors (Lipinski definition) is 5. The van der Waals surface area contributed by atoms with E-state index in [2.05, 4.69) is 20.3 Å². The number of ketones is 1. The summed E-state index contributed by atoms with van der Waals surface area (Å²) < 4.78 is 5.24. The van der Waals surface area contributed by atoms with Crippen molar-refractivity contribution in [2.24, 2.45) is 5.41 Å². The Labute approximate surface area is 163 Å². The Balaban J connectivity index is 1.66. The number of fused-ring (bicyclic) bond motifs is 1. The summed E-state index contributed by atoms with van der Waals surface area (Å²) in [6, 6.07) is 5.59. The van der Waals surface area contributed by atoms with Crippen LogP contribution in [0.3, 0.4) is 0 Å². The van der Waals surface area contributed by atoms with Gasteiger partial charge in [-0.15, -0.1) is 0 Å². The van der Waals surface area contributed by atoms with Gasteiger partial charge in [0, 0.05) is 29.6 Å². The Hall–Kier alpha value is -3.22. The number of nitrogens with zero attached hydrogens (tertiary/aromatic N) is 2. The van der Waals surface area contributed by atoms with E-state index in [1.54, 1.807) is 46.3 Å². The summed E-state index contributed by atoms with van der Waals surface area (Å²) in [7, 11) is 1.61. The molecule has 0 radical (unpaired) electrons. The molecule has 3 rings (SSSR count). The molecule has 0 aliphatic rings. The summed E-state index contributed by atoms with van der Waals surface area (Å²) in [5, 5.41) is 3.67. The van der Waals surface area contributed by atoms with E-state index in [1.807, 2.05) is 18.3 Å². The van der Waals surface area contributed by atoms with Gasteiger partial charge in [-0.25, -0.2) is 9.97 Å². The molecule has 0 spiro atoms. The summed E-state index contributed by atoms with van der Waals surface area (Å²) in [6.07, 6.45) is 5.82. The monoisotopic (exact) mass is 380 g/mol. The average Bonchev–Trinajstić information content (AvgIpc) is 3.04. The highest BCUT2D eigenvalue weighted by Crippen LogP contribution is 2.24. The molecule has 0 aliphatic carbocycles. The van der Waals surface area contributed by atoms with Gasteiger partial charge in [0.15, 0.2) is 0 Å². The fourth-order valence-corrected chi connectivity index (χ4v) is 2.72. The van der Waals surface area contributed by atoms with Crippen LogP contribution in [-0.2, 0) is 16.0 Å². The van der Waals surface area contributed by atoms with Crippen LogP contribution in [0.25, 0.3) is 11.0 Å². The molecule has 0 aromatic carbocycles. The fourth-order valence-electron chi connectivity index (χ4n) is 2.72. The van der Waals surface area contributed by atoms with Crippen LogP contribution in [0.1, 0.15) is 38.3 Å². The molecule has 2 N–H and O–H groups in total. The zero-order valence-electron chi connectivity index (χ0n) is 16.5. The van der Waals surface area contributed by atoms with Gasteiger partial charge in [0.1, 0.15) is 23.0 Å². The molecule has 0 bridgehead atoms. The van der Waals surface area contributed by atoms with Crippen LogP contribution in [0.4, 0.5) is 5.82 Å². The van der Waals surface area contributed by atoms with Crippen molar-refractivity contribution in [1.29, 1.82) is 0 Å². The van der Waals surface area contributed by atoms with E-state index in [1.165, 1.54) is 0 Å². The number of aromatic amines is 1. The van der Waals surface area contributed by atoms with Crippen molar-refractivity contribution in [1.82, 2.24) is 15.0 Å². The van der Waals surface area contributed by atoms with Gasteiger partial charge in [0.25, 0.3) is 0 Å². The maximum Gasteiger partial charge on any atom is 0.232 e. The second-order valence-electron chi connectivity index (χ2n) is 7.71. The number of pyridine rings is 2. The number of Topliss-reactive ketones (excluding diaryl/α,β-unsaturated/α-hetero) is 1. The van der Waals surface area contributed by atoms with Crippen molar-refractivity contribution in [2.75, 3.05) is 12.4 Å². The highest BCUT2D eigenvalue weighted by molar-refractivity contribution is 6.05. The fraction of sp³-hybridized carbons (Fsp3) is 0.333. The van der Waals surface area contributed by atoms with E-state index in [-0.39, 0.29) is 18.1 Å². The molecule has 0 fully saturated rings. The number of carbonyl (C=O) groups excluding carboxylic acids is 2. The largest absolute Gasteiger partial charge is 0.495 e. The summed E-state index contributed by atoms with van der Waals surface area (Å²) in [5.74, 6) is 0.673. The molecular formula is C21H24N4O3. The third kappa shape index (κ3) is 4.54. The Morgan fingerprint density at radius 3 is 2.61 bits per heavy atom. The van der Waals surface area contributed by atoms with Gasteiger partial charge < -0.3 is 15.0 Å². The van der Waals surface area contributed by atoms with Crippen molar-refractivity contribution in [3.63, 3.8) is 0 Å². The number of aromatic nitrogens is 3. The number of anilines is 1. The van der Waals surface area contributed by atoms with Crippen molar-refractivity contribution >= 4 is 28.5 Å². The molecule has 3 heterocycles. The molecule has 3 aromatic heterocycles. The number of carbonyl (C=O) groups is 2. The van der Waals surface area contributed by atoms with Gasteiger partial charge in [-0.1, -0.05) is 26.8 Å². The van der Waals surface area contributed by atoms with Crippen LogP contribution >= 0.6 is 0 Å².